The van der Waals surface area contributed by atoms with E-state index >= 15 is 0 Å². The third-order valence-electron chi connectivity index (χ3n) is 3.79. The molecule has 18 heavy (non-hydrogen) atoms. The third kappa shape index (κ3) is 1.93. The largest absolute Gasteiger partial charge is 0.385 e. The lowest BCUT2D eigenvalue weighted by molar-refractivity contribution is 0.0222. The van der Waals surface area contributed by atoms with Crippen LogP contribution in [0.1, 0.15) is 23.1 Å². The van der Waals surface area contributed by atoms with Crippen molar-refractivity contribution in [2.45, 2.75) is 24.9 Å². The maximum atomic E-state index is 12.9. The second kappa shape index (κ2) is 4.21. The van der Waals surface area contributed by atoms with Gasteiger partial charge >= 0.3 is 0 Å². The van der Waals surface area contributed by atoms with Gasteiger partial charge in [-0.05, 0) is 41.7 Å². The predicted octanol–water partition coefficient (Wildman–Crippen LogP) is 3.20. The molecule has 0 amide bonds. The summed E-state index contributed by atoms with van der Waals surface area (Å²) in [5.74, 6) is -0.265. The molecule has 0 fully saturated rings. The van der Waals surface area contributed by atoms with Crippen molar-refractivity contribution in [3.8, 4) is 0 Å². The number of benzene rings is 2. The molecule has 2 heteroatoms. The van der Waals surface area contributed by atoms with Crippen LogP contribution in [0.25, 0.3) is 0 Å². The average Bonchev–Trinajstić information content (AvgIpc) is 2.39. The van der Waals surface area contributed by atoms with Crippen LogP contribution in [0.5, 0.6) is 0 Å². The highest BCUT2D eigenvalue weighted by atomic mass is 19.1. The Bertz CT molecular complexity index is 562. The molecule has 2 aromatic rings. The van der Waals surface area contributed by atoms with Crippen LogP contribution in [-0.2, 0) is 18.4 Å². The SMILES string of the molecule is OC1(c2ccc(F)cc2)CCc2ccccc2C1. The minimum absolute atomic E-state index is 0.265. The number of hydrogen-bond acceptors (Lipinski definition) is 1. The van der Waals surface area contributed by atoms with Crippen molar-refractivity contribution in [3.63, 3.8) is 0 Å². The van der Waals surface area contributed by atoms with Gasteiger partial charge in [0.25, 0.3) is 0 Å². The first-order chi connectivity index (χ1) is 8.67. The summed E-state index contributed by atoms with van der Waals surface area (Å²) in [6.45, 7) is 0. The Morgan fingerprint density at radius 2 is 1.61 bits per heavy atom. The summed E-state index contributed by atoms with van der Waals surface area (Å²) in [6.07, 6.45) is 2.16. The van der Waals surface area contributed by atoms with E-state index < -0.39 is 5.60 Å². The van der Waals surface area contributed by atoms with Gasteiger partial charge in [0.05, 0.1) is 5.60 Å². The number of aryl methyl sites for hydroxylation is 1. The Morgan fingerprint density at radius 3 is 2.33 bits per heavy atom. The predicted molar refractivity (Wildman–Crippen MR) is 68.8 cm³/mol. The van der Waals surface area contributed by atoms with Crippen molar-refractivity contribution in [2.75, 3.05) is 0 Å². The van der Waals surface area contributed by atoms with Gasteiger partial charge in [0.1, 0.15) is 5.82 Å². The zero-order chi connectivity index (χ0) is 12.6. The van der Waals surface area contributed by atoms with Crippen LogP contribution < -0.4 is 0 Å². The number of halogens is 1. The molecule has 1 aliphatic carbocycles. The van der Waals surface area contributed by atoms with Crippen LogP contribution in [0.2, 0.25) is 0 Å². The summed E-state index contributed by atoms with van der Waals surface area (Å²) in [4.78, 5) is 0. The Labute approximate surface area is 106 Å². The van der Waals surface area contributed by atoms with Gasteiger partial charge in [-0.15, -0.1) is 0 Å². The maximum Gasteiger partial charge on any atom is 0.123 e. The van der Waals surface area contributed by atoms with E-state index in [0.717, 1.165) is 12.0 Å². The Hall–Kier alpha value is -1.67. The van der Waals surface area contributed by atoms with Gasteiger partial charge in [0.15, 0.2) is 0 Å². The topological polar surface area (TPSA) is 20.2 Å². The fourth-order valence-electron chi connectivity index (χ4n) is 2.73. The Kier molecular flexibility index (Phi) is 2.67. The van der Waals surface area contributed by atoms with Gasteiger partial charge in [-0.25, -0.2) is 4.39 Å². The van der Waals surface area contributed by atoms with Crippen LogP contribution in [0.3, 0.4) is 0 Å². The number of hydrogen-bond donors (Lipinski definition) is 1. The Morgan fingerprint density at radius 1 is 0.944 bits per heavy atom. The monoisotopic (exact) mass is 242 g/mol. The first kappa shape index (κ1) is 11.4. The van der Waals surface area contributed by atoms with E-state index in [4.69, 9.17) is 0 Å². The third-order valence-corrected chi connectivity index (χ3v) is 3.79. The highest BCUT2D eigenvalue weighted by Crippen LogP contribution is 2.36. The zero-order valence-corrected chi connectivity index (χ0v) is 10.1. The normalized spacial score (nSPS) is 22.6. The van der Waals surface area contributed by atoms with Gasteiger partial charge in [-0.3, -0.25) is 0 Å². The molecule has 0 spiro atoms. The van der Waals surface area contributed by atoms with E-state index in [1.165, 1.54) is 23.3 Å². The van der Waals surface area contributed by atoms with E-state index in [1.54, 1.807) is 12.1 Å². The fraction of sp³-hybridized carbons (Fsp3) is 0.250. The second-order valence-electron chi connectivity index (χ2n) is 4.98. The van der Waals surface area contributed by atoms with E-state index in [1.807, 2.05) is 12.1 Å². The van der Waals surface area contributed by atoms with E-state index in [9.17, 15) is 9.50 Å². The molecule has 0 saturated heterocycles. The van der Waals surface area contributed by atoms with E-state index in [-0.39, 0.29) is 5.82 Å². The molecule has 0 aromatic heterocycles. The van der Waals surface area contributed by atoms with E-state index in [2.05, 4.69) is 12.1 Å². The molecule has 92 valence electrons. The molecule has 1 unspecified atom stereocenters. The lowest BCUT2D eigenvalue weighted by atomic mass is 9.76. The van der Waals surface area contributed by atoms with Crippen LogP contribution >= 0.6 is 0 Å². The first-order valence-electron chi connectivity index (χ1n) is 6.23. The molecule has 2 aromatic carbocycles. The molecular formula is C16H15FO. The summed E-state index contributed by atoms with van der Waals surface area (Å²) in [7, 11) is 0. The summed E-state index contributed by atoms with van der Waals surface area (Å²) in [5, 5.41) is 10.8. The van der Waals surface area contributed by atoms with Crippen molar-refractivity contribution in [3.05, 3.63) is 71.0 Å². The molecule has 1 aliphatic rings. The van der Waals surface area contributed by atoms with Crippen molar-refractivity contribution < 1.29 is 9.50 Å². The molecule has 0 heterocycles. The summed E-state index contributed by atoms with van der Waals surface area (Å²) in [6, 6.07) is 14.4. The number of rotatable bonds is 1. The summed E-state index contributed by atoms with van der Waals surface area (Å²) >= 11 is 0. The van der Waals surface area contributed by atoms with Gasteiger partial charge in [-0.1, -0.05) is 36.4 Å². The number of fused-ring (bicyclic) bond motifs is 1. The van der Waals surface area contributed by atoms with E-state index in [0.29, 0.717) is 12.8 Å². The smallest absolute Gasteiger partial charge is 0.123 e. The molecular weight excluding hydrogens is 227 g/mol. The van der Waals surface area contributed by atoms with Gasteiger partial charge < -0.3 is 5.11 Å². The van der Waals surface area contributed by atoms with Crippen molar-refractivity contribution in [1.82, 2.24) is 0 Å². The van der Waals surface area contributed by atoms with Crippen molar-refractivity contribution in [1.29, 1.82) is 0 Å². The number of aliphatic hydroxyl groups is 1. The minimum atomic E-state index is -0.859. The van der Waals surface area contributed by atoms with Crippen LogP contribution in [0.4, 0.5) is 4.39 Å². The quantitative estimate of drug-likeness (QED) is 0.814. The molecule has 0 aliphatic heterocycles. The lowest BCUT2D eigenvalue weighted by Crippen LogP contribution is -2.33. The zero-order valence-electron chi connectivity index (χ0n) is 10.1. The molecule has 1 atom stereocenters. The lowest BCUT2D eigenvalue weighted by Gasteiger charge is -2.34. The van der Waals surface area contributed by atoms with Crippen molar-refractivity contribution >= 4 is 0 Å². The first-order valence-corrected chi connectivity index (χ1v) is 6.23. The van der Waals surface area contributed by atoms with Gasteiger partial charge in [-0.2, -0.15) is 0 Å². The summed E-state index contributed by atoms with van der Waals surface area (Å²) < 4.78 is 12.9. The summed E-state index contributed by atoms with van der Waals surface area (Å²) in [5.41, 5.74) is 2.44. The fourth-order valence-corrected chi connectivity index (χ4v) is 2.73. The standard InChI is InChI=1S/C16H15FO/c17-15-7-5-14(6-8-15)16(18)10-9-12-3-1-2-4-13(12)11-16/h1-8,18H,9-11H2. The van der Waals surface area contributed by atoms with Gasteiger partial charge in [0.2, 0.25) is 0 Å². The highest BCUT2D eigenvalue weighted by molar-refractivity contribution is 5.35. The molecule has 0 saturated carbocycles. The van der Waals surface area contributed by atoms with Crippen LogP contribution in [-0.4, -0.2) is 5.11 Å². The van der Waals surface area contributed by atoms with Crippen molar-refractivity contribution in [2.24, 2.45) is 0 Å². The van der Waals surface area contributed by atoms with Crippen LogP contribution in [0.15, 0.2) is 48.5 Å². The highest BCUT2D eigenvalue weighted by Gasteiger charge is 2.33. The minimum Gasteiger partial charge on any atom is -0.385 e. The maximum absolute atomic E-state index is 12.9. The molecule has 1 N–H and O–H groups in total. The molecule has 0 bridgehead atoms. The Balaban J connectivity index is 1.96. The van der Waals surface area contributed by atoms with Crippen LogP contribution in [0, 0.1) is 5.82 Å². The molecule has 1 nitrogen and oxygen atoms in total. The average molecular weight is 242 g/mol. The molecule has 3 rings (SSSR count). The van der Waals surface area contributed by atoms with Gasteiger partial charge in [0, 0.05) is 6.42 Å². The second-order valence-corrected chi connectivity index (χ2v) is 4.98. The molecule has 0 radical (unpaired) electrons.